The van der Waals surface area contributed by atoms with E-state index in [0.29, 0.717) is 11.3 Å². The summed E-state index contributed by atoms with van der Waals surface area (Å²) in [6.07, 6.45) is -1.47. The molecule has 3 aromatic rings. The topological polar surface area (TPSA) is 121 Å². The Balaban J connectivity index is 1.73. The number of hydrogen-bond donors (Lipinski definition) is 1. The fourth-order valence-electron chi connectivity index (χ4n) is 2.50. The first-order valence-corrected chi connectivity index (χ1v) is 7.28. The highest BCUT2D eigenvalue weighted by atomic mass is 16.7. The summed E-state index contributed by atoms with van der Waals surface area (Å²) in [6, 6.07) is 11.5. The van der Waals surface area contributed by atoms with Crippen molar-refractivity contribution in [2.24, 2.45) is 0 Å². The number of nitro groups is 1. The van der Waals surface area contributed by atoms with Gasteiger partial charge in [0.05, 0.1) is 16.6 Å². The molecule has 0 amide bonds. The van der Waals surface area contributed by atoms with Crippen LogP contribution >= 0.6 is 0 Å². The molecule has 1 N–H and O–H groups in total. The van der Waals surface area contributed by atoms with Crippen molar-refractivity contribution in [3.8, 4) is 23.0 Å². The van der Waals surface area contributed by atoms with Gasteiger partial charge in [-0.3, -0.25) is 10.1 Å². The van der Waals surface area contributed by atoms with Gasteiger partial charge < -0.3 is 19.0 Å². The van der Waals surface area contributed by atoms with Gasteiger partial charge in [-0.05, 0) is 18.2 Å². The van der Waals surface area contributed by atoms with Crippen molar-refractivity contribution in [1.82, 2.24) is 10.2 Å². The number of nitrogens with zero attached hydrogens (tertiary/aromatic N) is 3. The zero-order chi connectivity index (χ0) is 17.4. The number of ether oxygens (including phenoxy) is 2. The van der Waals surface area contributed by atoms with Gasteiger partial charge in [-0.1, -0.05) is 18.2 Å². The van der Waals surface area contributed by atoms with Crippen molar-refractivity contribution < 1.29 is 23.9 Å². The first-order chi connectivity index (χ1) is 12.1. The fraction of sp³-hybridized carbons (Fsp3) is 0.125. The maximum atomic E-state index is 11.3. The number of aliphatic hydroxyl groups excluding tert-OH is 1. The van der Waals surface area contributed by atoms with E-state index in [4.69, 9.17) is 13.9 Å². The third kappa shape index (κ3) is 2.66. The summed E-state index contributed by atoms with van der Waals surface area (Å²) in [5.41, 5.74) is 0.336. The van der Waals surface area contributed by atoms with Crippen molar-refractivity contribution in [3.63, 3.8) is 0 Å². The van der Waals surface area contributed by atoms with Gasteiger partial charge in [-0.15, -0.1) is 10.2 Å². The minimum absolute atomic E-state index is 0.0162. The normalized spacial score (nSPS) is 13.6. The van der Waals surface area contributed by atoms with Crippen LogP contribution in [-0.4, -0.2) is 27.0 Å². The minimum Gasteiger partial charge on any atom is -0.454 e. The summed E-state index contributed by atoms with van der Waals surface area (Å²) < 4.78 is 15.8. The molecule has 9 heteroatoms. The predicted molar refractivity (Wildman–Crippen MR) is 83.0 cm³/mol. The van der Waals surface area contributed by atoms with Crippen molar-refractivity contribution in [2.75, 3.05) is 6.79 Å². The molecule has 0 saturated carbocycles. The number of aliphatic hydroxyl groups is 1. The average molecular weight is 341 g/mol. The van der Waals surface area contributed by atoms with Crippen LogP contribution in [0.2, 0.25) is 0 Å². The SMILES string of the molecule is O=[N+]([O-])c1cc2c(cc1[C@H](O)c1nnc(-c3ccccc3)o1)OCO2. The molecular weight excluding hydrogens is 330 g/mol. The van der Waals surface area contributed by atoms with E-state index in [9.17, 15) is 15.2 Å². The quantitative estimate of drug-likeness (QED) is 0.567. The third-order valence-electron chi connectivity index (χ3n) is 3.71. The molecule has 2 aromatic carbocycles. The predicted octanol–water partition coefficient (Wildman–Crippen LogP) is 2.46. The van der Waals surface area contributed by atoms with Gasteiger partial charge >= 0.3 is 0 Å². The Morgan fingerprint density at radius 3 is 2.56 bits per heavy atom. The zero-order valence-electron chi connectivity index (χ0n) is 12.7. The van der Waals surface area contributed by atoms with E-state index >= 15 is 0 Å². The van der Waals surface area contributed by atoms with Crippen molar-refractivity contribution in [2.45, 2.75) is 6.10 Å². The van der Waals surface area contributed by atoms with Crippen LogP contribution in [0.4, 0.5) is 5.69 Å². The van der Waals surface area contributed by atoms with Crippen molar-refractivity contribution in [1.29, 1.82) is 0 Å². The Bertz CT molecular complexity index is 940. The number of benzene rings is 2. The molecular formula is C16H11N3O6. The van der Waals surface area contributed by atoms with Gasteiger partial charge in [0.1, 0.15) is 0 Å². The number of rotatable bonds is 4. The summed E-state index contributed by atoms with van der Waals surface area (Å²) in [5, 5.41) is 29.5. The summed E-state index contributed by atoms with van der Waals surface area (Å²) >= 11 is 0. The van der Waals surface area contributed by atoms with E-state index in [1.54, 1.807) is 24.3 Å². The first-order valence-electron chi connectivity index (χ1n) is 7.28. The fourth-order valence-corrected chi connectivity index (χ4v) is 2.50. The second kappa shape index (κ2) is 5.87. The molecule has 0 fully saturated rings. The summed E-state index contributed by atoms with van der Waals surface area (Å²) in [7, 11) is 0. The Labute approximate surface area is 140 Å². The maximum Gasteiger partial charge on any atom is 0.279 e. The molecule has 0 spiro atoms. The largest absolute Gasteiger partial charge is 0.454 e. The van der Waals surface area contributed by atoms with Crippen LogP contribution in [0, 0.1) is 10.1 Å². The molecule has 9 nitrogen and oxygen atoms in total. The number of fused-ring (bicyclic) bond motifs is 1. The molecule has 2 heterocycles. The maximum absolute atomic E-state index is 11.3. The molecule has 0 unspecified atom stereocenters. The summed E-state index contributed by atoms with van der Waals surface area (Å²) in [5.74, 6) is 0.611. The molecule has 126 valence electrons. The molecule has 4 rings (SSSR count). The molecule has 0 bridgehead atoms. The smallest absolute Gasteiger partial charge is 0.279 e. The Hall–Kier alpha value is -3.46. The molecule has 1 atom stereocenters. The number of nitro benzene ring substituents is 1. The van der Waals surface area contributed by atoms with E-state index in [-0.39, 0.29) is 35.6 Å². The Morgan fingerprint density at radius 2 is 1.84 bits per heavy atom. The van der Waals surface area contributed by atoms with Crippen molar-refractivity contribution in [3.05, 3.63) is 64.0 Å². The lowest BCUT2D eigenvalue weighted by Gasteiger charge is -2.08. The third-order valence-corrected chi connectivity index (χ3v) is 3.71. The van der Waals surface area contributed by atoms with Gasteiger partial charge in [0.15, 0.2) is 17.6 Å². The number of aromatic nitrogens is 2. The molecule has 1 aromatic heterocycles. The average Bonchev–Trinajstić information content (AvgIpc) is 3.29. The zero-order valence-corrected chi connectivity index (χ0v) is 12.7. The van der Waals surface area contributed by atoms with Gasteiger partial charge in [-0.2, -0.15) is 0 Å². The Kier molecular flexibility index (Phi) is 3.55. The van der Waals surface area contributed by atoms with Crippen LogP contribution in [0.3, 0.4) is 0 Å². The molecule has 1 aliphatic heterocycles. The highest BCUT2D eigenvalue weighted by Crippen LogP contribution is 2.41. The standard InChI is InChI=1S/C16H11N3O6/c20-14(16-18-17-15(25-16)9-4-2-1-3-5-9)10-6-12-13(24-8-23-12)7-11(10)19(21)22/h1-7,14,20H,8H2/t14-/m0/s1. The lowest BCUT2D eigenvalue weighted by atomic mass is 10.1. The van der Waals surface area contributed by atoms with Gasteiger partial charge in [0.2, 0.25) is 18.6 Å². The molecule has 0 aliphatic carbocycles. The van der Waals surface area contributed by atoms with E-state index in [1.807, 2.05) is 6.07 Å². The van der Waals surface area contributed by atoms with Crippen LogP contribution in [0.5, 0.6) is 11.5 Å². The van der Waals surface area contributed by atoms with Gasteiger partial charge in [-0.25, -0.2) is 0 Å². The van der Waals surface area contributed by atoms with Crippen LogP contribution in [0.15, 0.2) is 46.9 Å². The van der Waals surface area contributed by atoms with E-state index in [2.05, 4.69) is 10.2 Å². The lowest BCUT2D eigenvalue weighted by Crippen LogP contribution is -2.04. The van der Waals surface area contributed by atoms with Crippen LogP contribution < -0.4 is 9.47 Å². The Morgan fingerprint density at radius 1 is 1.12 bits per heavy atom. The summed E-state index contributed by atoms with van der Waals surface area (Å²) in [4.78, 5) is 10.7. The second-order valence-corrected chi connectivity index (χ2v) is 5.24. The van der Waals surface area contributed by atoms with Crippen molar-refractivity contribution >= 4 is 5.69 Å². The van der Waals surface area contributed by atoms with Gasteiger partial charge in [0, 0.05) is 5.56 Å². The lowest BCUT2D eigenvalue weighted by molar-refractivity contribution is -0.386. The number of hydrogen-bond acceptors (Lipinski definition) is 8. The summed E-state index contributed by atoms with van der Waals surface area (Å²) in [6.45, 7) is -0.0370. The van der Waals surface area contributed by atoms with E-state index in [0.717, 1.165) is 0 Å². The van der Waals surface area contributed by atoms with Crippen LogP contribution in [0.1, 0.15) is 17.6 Å². The van der Waals surface area contributed by atoms with Crippen LogP contribution in [0.25, 0.3) is 11.5 Å². The van der Waals surface area contributed by atoms with Crippen LogP contribution in [-0.2, 0) is 0 Å². The molecule has 25 heavy (non-hydrogen) atoms. The highest BCUT2D eigenvalue weighted by Gasteiger charge is 2.30. The minimum atomic E-state index is -1.47. The second-order valence-electron chi connectivity index (χ2n) is 5.24. The molecule has 0 saturated heterocycles. The van der Waals surface area contributed by atoms with E-state index in [1.165, 1.54) is 12.1 Å². The molecule has 1 aliphatic rings. The first kappa shape index (κ1) is 15.1. The monoisotopic (exact) mass is 341 g/mol. The highest BCUT2D eigenvalue weighted by molar-refractivity contribution is 5.57. The van der Waals surface area contributed by atoms with E-state index < -0.39 is 11.0 Å². The molecule has 0 radical (unpaired) electrons. The van der Waals surface area contributed by atoms with Gasteiger partial charge in [0.25, 0.3) is 5.69 Å².